The molecule has 0 heterocycles. The number of ether oxygens (including phenoxy) is 1. The predicted molar refractivity (Wildman–Crippen MR) is 75.4 cm³/mol. The number of carbonyl (C=O) groups excluding carboxylic acids is 1. The van der Waals surface area contributed by atoms with Gasteiger partial charge in [0.15, 0.2) is 0 Å². The molecule has 100 valence electrons. The van der Waals surface area contributed by atoms with Crippen LogP contribution in [0.4, 0.5) is 16.2 Å². The average molecular weight is 250 g/mol. The van der Waals surface area contributed by atoms with Gasteiger partial charge in [0.25, 0.3) is 0 Å². The molecule has 0 spiro atoms. The SMILES string of the molecule is Cc1cc(N(C)C)ccc1NC(=O)OC(C)(C)C. The molecule has 0 aliphatic rings. The predicted octanol–water partition coefficient (Wildman–Crippen LogP) is 3.41. The Balaban J connectivity index is 2.77. The standard InChI is InChI=1S/C14H22N2O2/c1-10-9-11(16(5)6)7-8-12(10)15-13(17)18-14(2,3)4/h7-9H,1-6H3,(H,15,17). The number of nitrogens with zero attached hydrogens (tertiary/aromatic N) is 1. The highest BCUT2D eigenvalue weighted by Gasteiger charge is 2.16. The largest absolute Gasteiger partial charge is 0.444 e. The van der Waals surface area contributed by atoms with Crippen molar-refractivity contribution in [2.45, 2.75) is 33.3 Å². The molecule has 18 heavy (non-hydrogen) atoms. The normalized spacial score (nSPS) is 11.0. The van der Waals surface area contributed by atoms with E-state index in [1.165, 1.54) is 0 Å². The quantitative estimate of drug-likeness (QED) is 0.874. The van der Waals surface area contributed by atoms with E-state index in [0.29, 0.717) is 0 Å². The first-order valence-electron chi connectivity index (χ1n) is 5.97. The van der Waals surface area contributed by atoms with Crippen molar-refractivity contribution in [2.24, 2.45) is 0 Å². The smallest absolute Gasteiger partial charge is 0.412 e. The molecule has 0 aliphatic carbocycles. The zero-order valence-electron chi connectivity index (χ0n) is 12.0. The highest BCUT2D eigenvalue weighted by atomic mass is 16.6. The first-order valence-corrected chi connectivity index (χ1v) is 5.97. The molecule has 1 amide bonds. The molecule has 0 aromatic heterocycles. The van der Waals surface area contributed by atoms with E-state index in [2.05, 4.69) is 5.32 Å². The van der Waals surface area contributed by atoms with E-state index in [1.807, 2.05) is 64.9 Å². The number of aryl methyl sites for hydroxylation is 1. The highest BCUT2D eigenvalue weighted by Crippen LogP contribution is 2.22. The molecule has 0 bridgehead atoms. The Morgan fingerprint density at radius 3 is 2.33 bits per heavy atom. The van der Waals surface area contributed by atoms with Gasteiger partial charge in [-0.25, -0.2) is 4.79 Å². The second-order valence-electron chi connectivity index (χ2n) is 5.52. The van der Waals surface area contributed by atoms with Crippen molar-refractivity contribution in [3.63, 3.8) is 0 Å². The van der Waals surface area contributed by atoms with Gasteiger partial charge in [0, 0.05) is 25.5 Å². The van der Waals surface area contributed by atoms with Gasteiger partial charge in [-0.1, -0.05) is 0 Å². The van der Waals surface area contributed by atoms with Crippen molar-refractivity contribution >= 4 is 17.5 Å². The zero-order valence-corrected chi connectivity index (χ0v) is 12.0. The third-order valence-corrected chi connectivity index (χ3v) is 2.36. The van der Waals surface area contributed by atoms with Crippen LogP contribution < -0.4 is 10.2 Å². The number of anilines is 2. The average Bonchev–Trinajstić information content (AvgIpc) is 2.17. The molecular weight excluding hydrogens is 228 g/mol. The number of hydrogen-bond acceptors (Lipinski definition) is 3. The van der Waals surface area contributed by atoms with E-state index < -0.39 is 11.7 Å². The molecule has 0 saturated heterocycles. The summed E-state index contributed by atoms with van der Waals surface area (Å²) in [5, 5.41) is 2.75. The van der Waals surface area contributed by atoms with Crippen LogP contribution >= 0.6 is 0 Å². The molecule has 1 aromatic carbocycles. The first kappa shape index (κ1) is 14.4. The van der Waals surface area contributed by atoms with Gasteiger partial charge in [0.2, 0.25) is 0 Å². The maximum atomic E-state index is 11.7. The fraction of sp³-hybridized carbons (Fsp3) is 0.500. The number of benzene rings is 1. The Morgan fingerprint density at radius 1 is 1.28 bits per heavy atom. The lowest BCUT2D eigenvalue weighted by Crippen LogP contribution is -2.27. The van der Waals surface area contributed by atoms with Crippen molar-refractivity contribution < 1.29 is 9.53 Å². The van der Waals surface area contributed by atoms with Crippen LogP contribution in [-0.2, 0) is 4.74 Å². The summed E-state index contributed by atoms with van der Waals surface area (Å²) < 4.78 is 5.21. The molecule has 0 aliphatic heterocycles. The molecule has 0 radical (unpaired) electrons. The van der Waals surface area contributed by atoms with Crippen LogP contribution in [0.1, 0.15) is 26.3 Å². The third-order valence-electron chi connectivity index (χ3n) is 2.36. The summed E-state index contributed by atoms with van der Waals surface area (Å²) in [5.74, 6) is 0. The van der Waals surface area contributed by atoms with Crippen molar-refractivity contribution in [1.29, 1.82) is 0 Å². The van der Waals surface area contributed by atoms with E-state index in [1.54, 1.807) is 0 Å². The summed E-state index contributed by atoms with van der Waals surface area (Å²) in [6.07, 6.45) is -0.428. The summed E-state index contributed by atoms with van der Waals surface area (Å²) >= 11 is 0. The van der Waals surface area contributed by atoms with Gasteiger partial charge >= 0.3 is 6.09 Å². The van der Waals surface area contributed by atoms with Crippen LogP contribution in [0, 0.1) is 6.92 Å². The lowest BCUT2D eigenvalue weighted by Gasteiger charge is -2.20. The van der Waals surface area contributed by atoms with Crippen LogP contribution in [0.5, 0.6) is 0 Å². The van der Waals surface area contributed by atoms with E-state index in [-0.39, 0.29) is 0 Å². The number of rotatable bonds is 2. The van der Waals surface area contributed by atoms with Gasteiger partial charge in [-0.2, -0.15) is 0 Å². The monoisotopic (exact) mass is 250 g/mol. The number of amides is 1. The topological polar surface area (TPSA) is 41.6 Å². The Morgan fingerprint density at radius 2 is 1.89 bits per heavy atom. The second kappa shape index (κ2) is 5.29. The van der Waals surface area contributed by atoms with Crippen LogP contribution in [0.15, 0.2) is 18.2 Å². The lowest BCUT2D eigenvalue weighted by molar-refractivity contribution is 0.0636. The molecule has 4 heteroatoms. The van der Waals surface area contributed by atoms with Crippen LogP contribution in [0.2, 0.25) is 0 Å². The van der Waals surface area contributed by atoms with Crippen LogP contribution in [-0.4, -0.2) is 25.8 Å². The Hall–Kier alpha value is -1.71. The third kappa shape index (κ3) is 4.28. The van der Waals surface area contributed by atoms with E-state index in [9.17, 15) is 4.79 Å². The fourth-order valence-electron chi connectivity index (χ4n) is 1.48. The van der Waals surface area contributed by atoms with Crippen LogP contribution in [0.3, 0.4) is 0 Å². The van der Waals surface area contributed by atoms with E-state index in [4.69, 9.17) is 4.74 Å². The number of nitrogens with one attached hydrogen (secondary N) is 1. The lowest BCUT2D eigenvalue weighted by atomic mass is 10.1. The van der Waals surface area contributed by atoms with Gasteiger partial charge in [0.05, 0.1) is 0 Å². The maximum absolute atomic E-state index is 11.7. The minimum atomic E-state index is -0.485. The van der Waals surface area contributed by atoms with Gasteiger partial charge in [-0.15, -0.1) is 0 Å². The number of hydrogen-bond donors (Lipinski definition) is 1. The van der Waals surface area contributed by atoms with Crippen LogP contribution in [0.25, 0.3) is 0 Å². The summed E-state index contributed by atoms with van der Waals surface area (Å²) in [4.78, 5) is 13.7. The molecular formula is C14H22N2O2. The Bertz CT molecular complexity index is 434. The fourth-order valence-corrected chi connectivity index (χ4v) is 1.48. The van der Waals surface area contributed by atoms with Gasteiger partial charge in [0.1, 0.15) is 5.60 Å². The first-order chi connectivity index (χ1) is 8.19. The van der Waals surface area contributed by atoms with Gasteiger partial charge < -0.3 is 9.64 Å². The van der Waals surface area contributed by atoms with E-state index >= 15 is 0 Å². The summed E-state index contributed by atoms with van der Waals surface area (Å²) in [6.45, 7) is 7.48. The maximum Gasteiger partial charge on any atom is 0.412 e. The molecule has 1 aromatic rings. The second-order valence-corrected chi connectivity index (χ2v) is 5.52. The summed E-state index contributed by atoms with van der Waals surface area (Å²) in [6, 6.07) is 5.86. The molecule has 1 rings (SSSR count). The minimum absolute atomic E-state index is 0.428. The van der Waals surface area contributed by atoms with Crippen molar-refractivity contribution in [2.75, 3.05) is 24.3 Å². The molecule has 0 unspecified atom stereocenters. The molecule has 0 atom stereocenters. The zero-order chi connectivity index (χ0) is 13.9. The molecule has 0 fully saturated rings. The van der Waals surface area contributed by atoms with Crippen molar-refractivity contribution in [3.8, 4) is 0 Å². The molecule has 4 nitrogen and oxygen atoms in total. The van der Waals surface area contributed by atoms with Crippen molar-refractivity contribution in [1.82, 2.24) is 0 Å². The van der Waals surface area contributed by atoms with Crippen molar-refractivity contribution in [3.05, 3.63) is 23.8 Å². The number of carbonyl (C=O) groups is 1. The summed E-state index contributed by atoms with van der Waals surface area (Å²) in [5.41, 5.74) is 2.39. The van der Waals surface area contributed by atoms with Gasteiger partial charge in [-0.3, -0.25) is 5.32 Å². The molecule has 0 saturated carbocycles. The summed E-state index contributed by atoms with van der Waals surface area (Å²) in [7, 11) is 3.96. The van der Waals surface area contributed by atoms with E-state index in [0.717, 1.165) is 16.9 Å². The Labute approximate surface area is 109 Å². The molecule has 1 N–H and O–H groups in total. The van der Waals surface area contributed by atoms with Gasteiger partial charge in [-0.05, 0) is 51.5 Å². The highest BCUT2D eigenvalue weighted by molar-refractivity contribution is 5.86. The Kier molecular flexibility index (Phi) is 4.22. The minimum Gasteiger partial charge on any atom is -0.444 e.